The zero-order valence-electron chi connectivity index (χ0n) is 16.6. The third-order valence-corrected chi connectivity index (χ3v) is 7.15. The molecule has 1 N–H and O–H groups in total. The number of piperidine rings is 1. The first-order valence-corrected chi connectivity index (χ1v) is 11.6. The van der Waals surface area contributed by atoms with Crippen molar-refractivity contribution in [3.63, 3.8) is 0 Å². The van der Waals surface area contributed by atoms with Crippen molar-refractivity contribution in [2.24, 2.45) is 5.92 Å². The molecule has 4 rings (SSSR count). The molecule has 164 valence electrons. The van der Waals surface area contributed by atoms with Crippen molar-refractivity contribution in [3.05, 3.63) is 36.2 Å². The predicted octanol–water partition coefficient (Wildman–Crippen LogP) is 5.07. The van der Waals surface area contributed by atoms with Crippen LogP contribution < -0.4 is 10.2 Å². The molecule has 1 aliphatic heterocycles. The quantitative estimate of drug-likeness (QED) is 0.417. The first-order chi connectivity index (χ1) is 14.8. The number of nitrogens with one attached hydrogen (secondary N) is 1. The van der Waals surface area contributed by atoms with E-state index >= 15 is 0 Å². The lowest BCUT2D eigenvalue weighted by Gasteiger charge is -2.30. The zero-order valence-corrected chi connectivity index (χ0v) is 18.3. The van der Waals surface area contributed by atoms with Crippen LogP contribution in [0.3, 0.4) is 0 Å². The molecular formula is C20H20F3N5OS2. The molecule has 0 spiro atoms. The first-order valence-electron chi connectivity index (χ1n) is 9.76. The van der Waals surface area contributed by atoms with Gasteiger partial charge in [0.1, 0.15) is 16.1 Å². The molecule has 1 unspecified atom stereocenters. The van der Waals surface area contributed by atoms with Gasteiger partial charge < -0.3 is 10.2 Å². The number of carbonyl (C=O) groups is 1. The van der Waals surface area contributed by atoms with Crippen LogP contribution >= 0.6 is 23.1 Å². The first kappa shape index (κ1) is 21.8. The fourth-order valence-electron chi connectivity index (χ4n) is 3.48. The fourth-order valence-corrected chi connectivity index (χ4v) is 5.41. The minimum atomic E-state index is -4.54. The van der Waals surface area contributed by atoms with Gasteiger partial charge in [-0.15, -0.1) is 0 Å². The van der Waals surface area contributed by atoms with Crippen molar-refractivity contribution in [2.45, 2.75) is 31.0 Å². The molecule has 0 bridgehead atoms. The summed E-state index contributed by atoms with van der Waals surface area (Å²) in [6.07, 6.45) is -0.830. The lowest BCUT2D eigenvalue weighted by molar-refractivity contribution is -0.137. The SMILES string of the molecule is CC1CCCN(c2nc3ncnc(SCC(=O)Nc4ccccc4C(F)(F)F)c3s2)C1. The van der Waals surface area contributed by atoms with Crippen LogP contribution in [0.1, 0.15) is 25.3 Å². The van der Waals surface area contributed by atoms with Crippen LogP contribution in [0, 0.1) is 5.92 Å². The van der Waals surface area contributed by atoms with E-state index in [9.17, 15) is 18.0 Å². The van der Waals surface area contributed by atoms with Gasteiger partial charge in [0.05, 0.1) is 17.0 Å². The van der Waals surface area contributed by atoms with Crippen LogP contribution in [-0.4, -0.2) is 39.7 Å². The summed E-state index contributed by atoms with van der Waals surface area (Å²) in [5.41, 5.74) is -0.563. The number of halogens is 3. The van der Waals surface area contributed by atoms with Gasteiger partial charge >= 0.3 is 6.18 Å². The van der Waals surface area contributed by atoms with Crippen LogP contribution in [0.5, 0.6) is 0 Å². The molecule has 31 heavy (non-hydrogen) atoms. The van der Waals surface area contributed by atoms with Gasteiger partial charge in [-0.25, -0.2) is 9.97 Å². The summed E-state index contributed by atoms with van der Waals surface area (Å²) in [4.78, 5) is 27.7. The van der Waals surface area contributed by atoms with Crippen molar-refractivity contribution < 1.29 is 18.0 Å². The Labute approximate surface area is 185 Å². The third-order valence-electron chi connectivity index (χ3n) is 4.92. The highest BCUT2D eigenvalue weighted by Crippen LogP contribution is 2.36. The summed E-state index contributed by atoms with van der Waals surface area (Å²) in [6, 6.07) is 4.92. The molecule has 1 fully saturated rings. The van der Waals surface area contributed by atoms with E-state index in [0.717, 1.165) is 47.2 Å². The van der Waals surface area contributed by atoms with Gasteiger partial charge in [-0.05, 0) is 30.9 Å². The van der Waals surface area contributed by atoms with Gasteiger partial charge in [-0.3, -0.25) is 4.79 Å². The zero-order chi connectivity index (χ0) is 22.0. The van der Waals surface area contributed by atoms with Crippen molar-refractivity contribution in [1.82, 2.24) is 15.0 Å². The molecule has 6 nitrogen and oxygen atoms in total. The number of fused-ring (bicyclic) bond motifs is 1. The number of hydrogen-bond donors (Lipinski definition) is 1. The van der Waals surface area contributed by atoms with E-state index in [-0.39, 0.29) is 11.4 Å². The number of benzene rings is 1. The number of aromatic nitrogens is 3. The predicted molar refractivity (Wildman–Crippen MR) is 117 cm³/mol. The number of amides is 1. The van der Waals surface area contributed by atoms with Gasteiger partial charge in [0.2, 0.25) is 5.91 Å². The Bertz CT molecular complexity index is 1090. The number of para-hydroxylation sites is 1. The molecule has 11 heteroatoms. The number of thiazole rings is 1. The lowest BCUT2D eigenvalue weighted by atomic mass is 10.0. The average molecular weight is 468 g/mol. The summed E-state index contributed by atoms with van der Waals surface area (Å²) in [7, 11) is 0. The fraction of sp³-hybridized carbons (Fsp3) is 0.400. The number of thioether (sulfide) groups is 1. The highest BCUT2D eigenvalue weighted by molar-refractivity contribution is 8.00. The standard InChI is InChI=1S/C20H20F3N5OS2/c1-12-5-4-8-28(9-12)19-27-17-16(31-19)18(25-11-24-17)30-10-15(29)26-14-7-3-2-6-13(14)20(21,22)23/h2-3,6-7,11-12H,4-5,8-10H2,1H3,(H,26,29). The van der Waals surface area contributed by atoms with Crippen molar-refractivity contribution >= 4 is 50.2 Å². The molecule has 1 aromatic carbocycles. The summed E-state index contributed by atoms with van der Waals surface area (Å²) < 4.78 is 40.1. The number of alkyl halides is 3. The Morgan fingerprint density at radius 3 is 2.90 bits per heavy atom. The van der Waals surface area contributed by atoms with Crippen LogP contribution in [0.25, 0.3) is 10.3 Å². The molecule has 1 atom stereocenters. The van der Waals surface area contributed by atoms with E-state index in [1.165, 1.54) is 42.3 Å². The van der Waals surface area contributed by atoms with Crippen molar-refractivity contribution in [1.29, 1.82) is 0 Å². The molecule has 2 aromatic heterocycles. The summed E-state index contributed by atoms with van der Waals surface area (Å²) in [6.45, 7) is 4.11. The highest BCUT2D eigenvalue weighted by Gasteiger charge is 2.33. The number of hydrogen-bond acceptors (Lipinski definition) is 7. The van der Waals surface area contributed by atoms with E-state index in [2.05, 4.69) is 32.1 Å². The molecule has 0 saturated carbocycles. The van der Waals surface area contributed by atoms with Crippen molar-refractivity contribution in [3.8, 4) is 0 Å². The maximum absolute atomic E-state index is 13.1. The largest absolute Gasteiger partial charge is 0.418 e. The number of anilines is 2. The second kappa shape index (κ2) is 8.99. The highest BCUT2D eigenvalue weighted by atomic mass is 32.2. The summed E-state index contributed by atoms with van der Waals surface area (Å²) >= 11 is 2.64. The second-order valence-corrected chi connectivity index (χ2v) is 9.34. The van der Waals surface area contributed by atoms with Crippen LogP contribution in [0.4, 0.5) is 24.0 Å². The Morgan fingerprint density at radius 1 is 1.32 bits per heavy atom. The average Bonchev–Trinajstić information content (AvgIpc) is 3.17. The molecule has 1 saturated heterocycles. The van der Waals surface area contributed by atoms with E-state index < -0.39 is 17.6 Å². The normalized spacial score (nSPS) is 17.2. The number of carbonyl (C=O) groups excluding carboxylic acids is 1. The van der Waals surface area contributed by atoms with Gasteiger partial charge in [-0.2, -0.15) is 18.2 Å². The topological polar surface area (TPSA) is 71.0 Å². The molecule has 3 aromatic rings. The molecule has 0 aliphatic carbocycles. The van der Waals surface area contributed by atoms with Crippen molar-refractivity contribution in [2.75, 3.05) is 29.1 Å². The maximum Gasteiger partial charge on any atom is 0.418 e. The Morgan fingerprint density at radius 2 is 2.13 bits per heavy atom. The summed E-state index contributed by atoms with van der Waals surface area (Å²) in [5, 5.41) is 3.83. The molecule has 0 radical (unpaired) electrons. The van der Waals surface area contributed by atoms with E-state index in [1.807, 2.05) is 0 Å². The minimum absolute atomic E-state index is 0.0771. The van der Waals surface area contributed by atoms with Gasteiger partial charge in [0.25, 0.3) is 0 Å². The van der Waals surface area contributed by atoms with Gasteiger partial charge in [0, 0.05) is 13.1 Å². The van der Waals surface area contributed by atoms with E-state index in [4.69, 9.17) is 0 Å². The van der Waals surface area contributed by atoms with E-state index in [1.54, 1.807) is 0 Å². The molecule has 3 heterocycles. The number of rotatable bonds is 5. The monoisotopic (exact) mass is 467 g/mol. The van der Waals surface area contributed by atoms with E-state index in [0.29, 0.717) is 16.6 Å². The molecule has 1 amide bonds. The van der Waals surface area contributed by atoms with Gasteiger partial charge in [0.15, 0.2) is 10.8 Å². The maximum atomic E-state index is 13.1. The van der Waals surface area contributed by atoms with Crippen LogP contribution in [0.15, 0.2) is 35.6 Å². The third kappa shape index (κ3) is 5.09. The summed E-state index contributed by atoms with van der Waals surface area (Å²) in [5.74, 6) is -0.0150. The smallest absolute Gasteiger partial charge is 0.348 e. The van der Waals surface area contributed by atoms with Crippen LogP contribution in [0.2, 0.25) is 0 Å². The Balaban J connectivity index is 1.46. The second-order valence-electron chi connectivity index (χ2n) is 7.40. The molecule has 1 aliphatic rings. The Kier molecular flexibility index (Phi) is 6.33. The van der Waals surface area contributed by atoms with Crippen LogP contribution in [-0.2, 0) is 11.0 Å². The minimum Gasteiger partial charge on any atom is -0.348 e. The lowest BCUT2D eigenvalue weighted by Crippen LogP contribution is -2.34. The number of nitrogens with zero attached hydrogens (tertiary/aromatic N) is 4. The Hall–Kier alpha value is -2.40. The van der Waals surface area contributed by atoms with Gasteiger partial charge in [-0.1, -0.05) is 42.2 Å². The molecular weight excluding hydrogens is 447 g/mol.